The van der Waals surface area contributed by atoms with Crippen molar-refractivity contribution in [1.82, 2.24) is 10.9 Å². The molecule has 0 aliphatic heterocycles. The molecule has 0 atom stereocenters. The summed E-state index contributed by atoms with van der Waals surface area (Å²) in [6.07, 6.45) is 23.3. The summed E-state index contributed by atoms with van der Waals surface area (Å²) in [5.74, 6) is -0.0555. The minimum Gasteiger partial charge on any atom is -0.273 e. The van der Waals surface area contributed by atoms with Crippen LogP contribution >= 0.6 is 0 Å². The van der Waals surface area contributed by atoms with Crippen LogP contribution in [0.3, 0.4) is 0 Å². The highest BCUT2D eigenvalue weighted by atomic mass is 16.2. The topological polar surface area (TPSA) is 82.9 Å². The van der Waals surface area contributed by atoms with Crippen molar-refractivity contribution in [3.05, 3.63) is 35.4 Å². The zero-order chi connectivity index (χ0) is 29.3. The van der Waals surface area contributed by atoms with E-state index in [2.05, 4.69) is 34.9 Å². The second kappa shape index (κ2) is 24.3. The molecule has 6 heteroatoms. The fourth-order valence-corrected chi connectivity index (χ4v) is 4.68. The monoisotopic (exact) mass is 554 g/mol. The molecule has 0 bridgehead atoms. The van der Waals surface area contributed by atoms with Gasteiger partial charge in [-0.2, -0.15) is 10.2 Å². The molecular weight excluding hydrogens is 496 g/mol. The lowest BCUT2D eigenvalue weighted by atomic mass is 10.1. The Morgan fingerprint density at radius 2 is 0.775 bits per heavy atom. The van der Waals surface area contributed by atoms with Gasteiger partial charge in [0, 0.05) is 12.8 Å². The summed E-state index contributed by atoms with van der Waals surface area (Å²) in [6.45, 7) is 8.27. The number of unbranched alkanes of at least 4 members (excludes halogenated alkanes) is 16. The van der Waals surface area contributed by atoms with E-state index in [0.29, 0.717) is 12.8 Å². The molecule has 1 aromatic rings. The van der Waals surface area contributed by atoms with Crippen LogP contribution in [0.1, 0.15) is 167 Å². The fraction of sp³-hybridized carbons (Fsp3) is 0.706. The smallest absolute Gasteiger partial charge is 0.240 e. The first-order chi connectivity index (χ1) is 19.5. The maximum Gasteiger partial charge on any atom is 0.240 e. The van der Waals surface area contributed by atoms with Gasteiger partial charge in [0.25, 0.3) is 0 Å². The molecule has 0 saturated heterocycles. The van der Waals surface area contributed by atoms with Crippen LogP contribution in [0.25, 0.3) is 0 Å². The standard InChI is InChI=1S/C34H58N4O2/c1-5-7-9-11-13-15-17-19-21-23-33(39)37-35-29(3)31-25-27-32(28-26-31)30(4)36-38-34(40)24-22-20-18-16-14-12-10-8-6-2/h25-28H,5-24H2,1-4H3,(H,37,39)(H,38,40)/b35-29+,36-30+. The Morgan fingerprint density at radius 1 is 0.500 bits per heavy atom. The number of nitrogens with zero attached hydrogens (tertiary/aromatic N) is 2. The van der Waals surface area contributed by atoms with E-state index in [-0.39, 0.29) is 11.8 Å². The van der Waals surface area contributed by atoms with Crippen molar-refractivity contribution < 1.29 is 9.59 Å². The van der Waals surface area contributed by atoms with Crippen LogP contribution in [0.2, 0.25) is 0 Å². The summed E-state index contributed by atoms with van der Waals surface area (Å²) in [4.78, 5) is 24.3. The maximum absolute atomic E-state index is 12.1. The van der Waals surface area contributed by atoms with E-state index in [4.69, 9.17) is 0 Å². The number of benzene rings is 1. The van der Waals surface area contributed by atoms with Crippen molar-refractivity contribution in [3.63, 3.8) is 0 Å². The molecule has 0 spiro atoms. The van der Waals surface area contributed by atoms with Crippen molar-refractivity contribution in [2.45, 2.75) is 156 Å². The number of carbonyl (C=O) groups is 2. The number of nitrogens with one attached hydrogen (secondary N) is 2. The summed E-state index contributed by atoms with van der Waals surface area (Å²) in [6, 6.07) is 7.85. The molecule has 0 heterocycles. The summed E-state index contributed by atoms with van der Waals surface area (Å²) in [5.41, 5.74) is 8.78. The van der Waals surface area contributed by atoms with Crippen LogP contribution in [0.5, 0.6) is 0 Å². The minimum atomic E-state index is -0.0277. The van der Waals surface area contributed by atoms with Gasteiger partial charge in [-0.3, -0.25) is 9.59 Å². The fourth-order valence-electron chi connectivity index (χ4n) is 4.68. The molecule has 0 unspecified atom stereocenters. The highest BCUT2D eigenvalue weighted by Gasteiger charge is 2.05. The maximum atomic E-state index is 12.1. The quantitative estimate of drug-likeness (QED) is 0.0758. The molecule has 0 radical (unpaired) electrons. The van der Waals surface area contributed by atoms with Crippen LogP contribution in [-0.4, -0.2) is 23.2 Å². The molecule has 2 N–H and O–H groups in total. The van der Waals surface area contributed by atoms with Gasteiger partial charge < -0.3 is 0 Å². The number of hydrazone groups is 2. The summed E-state index contributed by atoms with van der Waals surface area (Å²) in [7, 11) is 0. The summed E-state index contributed by atoms with van der Waals surface area (Å²) in [5, 5.41) is 8.56. The lowest BCUT2D eigenvalue weighted by molar-refractivity contribution is -0.122. The van der Waals surface area contributed by atoms with Crippen LogP contribution < -0.4 is 10.9 Å². The van der Waals surface area contributed by atoms with Crippen LogP contribution in [0.4, 0.5) is 0 Å². The predicted octanol–water partition coefficient (Wildman–Crippen LogP) is 9.21. The Bertz CT molecular complexity index is 790. The average molecular weight is 555 g/mol. The number of amides is 2. The van der Waals surface area contributed by atoms with E-state index < -0.39 is 0 Å². The van der Waals surface area contributed by atoms with Crippen molar-refractivity contribution in [1.29, 1.82) is 0 Å². The Labute approximate surface area is 245 Å². The first-order valence-electron chi connectivity index (χ1n) is 16.2. The van der Waals surface area contributed by atoms with Gasteiger partial charge >= 0.3 is 0 Å². The van der Waals surface area contributed by atoms with Gasteiger partial charge in [-0.1, -0.05) is 141 Å². The van der Waals surface area contributed by atoms with Crippen molar-refractivity contribution in [2.24, 2.45) is 10.2 Å². The Balaban J connectivity index is 2.25. The number of hydrogen-bond acceptors (Lipinski definition) is 4. The molecular formula is C34H58N4O2. The average Bonchev–Trinajstić information content (AvgIpc) is 2.97. The zero-order valence-corrected chi connectivity index (χ0v) is 26.2. The summed E-state index contributed by atoms with van der Waals surface area (Å²) >= 11 is 0. The van der Waals surface area contributed by atoms with Gasteiger partial charge in [0.1, 0.15) is 0 Å². The Kier molecular flexibility index (Phi) is 21.6. The van der Waals surface area contributed by atoms with Gasteiger partial charge in [-0.15, -0.1) is 0 Å². The molecule has 40 heavy (non-hydrogen) atoms. The first-order valence-corrected chi connectivity index (χ1v) is 16.2. The van der Waals surface area contributed by atoms with Crippen LogP contribution in [0.15, 0.2) is 34.5 Å². The zero-order valence-electron chi connectivity index (χ0n) is 26.2. The number of carbonyl (C=O) groups excluding carboxylic acids is 2. The van der Waals surface area contributed by atoms with E-state index >= 15 is 0 Å². The van der Waals surface area contributed by atoms with E-state index in [1.807, 2.05) is 38.1 Å². The van der Waals surface area contributed by atoms with Crippen molar-refractivity contribution in [3.8, 4) is 0 Å². The second-order valence-electron chi connectivity index (χ2n) is 11.2. The molecule has 1 rings (SSSR count). The second-order valence-corrected chi connectivity index (χ2v) is 11.2. The van der Waals surface area contributed by atoms with E-state index in [1.165, 1.54) is 89.9 Å². The molecule has 0 fully saturated rings. The lowest BCUT2D eigenvalue weighted by Gasteiger charge is -2.06. The van der Waals surface area contributed by atoms with Crippen molar-refractivity contribution >= 4 is 23.2 Å². The molecule has 1 aromatic carbocycles. The highest BCUT2D eigenvalue weighted by molar-refractivity contribution is 6.02. The summed E-state index contributed by atoms with van der Waals surface area (Å²) < 4.78 is 0. The van der Waals surface area contributed by atoms with E-state index in [1.54, 1.807) is 0 Å². The normalized spacial score (nSPS) is 12.0. The Morgan fingerprint density at radius 3 is 1.07 bits per heavy atom. The molecule has 0 aliphatic rings. The molecule has 226 valence electrons. The van der Waals surface area contributed by atoms with Gasteiger partial charge in [0.05, 0.1) is 11.4 Å². The van der Waals surface area contributed by atoms with E-state index in [9.17, 15) is 9.59 Å². The van der Waals surface area contributed by atoms with Crippen molar-refractivity contribution in [2.75, 3.05) is 0 Å². The molecule has 0 saturated carbocycles. The van der Waals surface area contributed by atoms with Gasteiger partial charge in [0.2, 0.25) is 11.8 Å². The minimum absolute atomic E-state index is 0.0277. The van der Waals surface area contributed by atoms with Gasteiger partial charge in [-0.05, 0) is 37.8 Å². The number of rotatable bonds is 24. The third kappa shape index (κ3) is 18.7. The van der Waals surface area contributed by atoms with Gasteiger partial charge in [0.15, 0.2) is 0 Å². The first kappa shape index (κ1) is 35.5. The van der Waals surface area contributed by atoms with Crippen LogP contribution in [-0.2, 0) is 9.59 Å². The molecule has 0 aliphatic carbocycles. The lowest BCUT2D eigenvalue weighted by Crippen LogP contribution is -2.19. The molecule has 6 nitrogen and oxygen atoms in total. The SMILES string of the molecule is CCCCCCCCCCCC(=O)N/N=C(\C)c1ccc(/C(C)=N/NC(=O)CCCCCCCCCCC)cc1. The predicted molar refractivity (Wildman–Crippen MR) is 171 cm³/mol. The Hall–Kier alpha value is -2.50. The number of hydrogen-bond donors (Lipinski definition) is 2. The third-order valence-corrected chi connectivity index (χ3v) is 7.43. The van der Waals surface area contributed by atoms with E-state index in [0.717, 1.165) is 48.2 Å². The molecule has 0 aromatic heterocycles. The third-order valence-electron chi connectivity index (χ3n) is 7.43. The molecule has 2 amide bonds. The largest absolute Gasteiger partial charge is 0.273 e. The van der Waals surface area contributed by atoms with Crippen LogP contribution in [0, 0.1) is 0 Å². The van der Waals surface area contributed by atoms with Gasteiger partial charge in [-0.25, -0.2) is 10.9 Å². The highest BCUT2D eigenvalue weighted by Crippen LogP contribution is 2.12.